The number of nitrogens with zero attached hydrogens (tertiary/aromatic N) is 4. The second-order valence-corrected chi connectivity index (χ2v) is 14.1. The highest BCUT2D eigenvalue weighted by atomic mass is 15.0. The Labute approximate surface area is 332 Å². The van der Waals surface area contributed by atoms with Gasteiger partial charge in [0.25, 0.3) is 0 Å². The van der Waals surface area contributed by atoms with Crippen LogP contribution in [0.1, 0.15) is 0 Å². The van der Waals surface area contributed by atoms with Crippen LogP contribution in [0.3, 0.4) is 0 Å². The van der Waals surface area contributed by atoms with Gasteiger partial charge in [-0.05, 0) is 87.5 Å². The molecular formula is C53H36N4. The summed E-state index contributed by atoms with van der Waals surface area (Å²) in [7, 11) is 0. The second-order valence-electron chi connectivity index (χ2n) is 14.1. The van der Waals surface area contributed by atoms with Crippen LogP contribution in [0.25, 0.3) is 95.4 Å². The summed E-state index contributed by atoms with van der Waals surface area (Å²) >= 11 is 0. The first-order valence-electron chi connectivity index (χ1n) is 19.2. The first kappa shape index (κ1) is 33.8. The summed E-state index contributed by atoms with van der Waals surface area (Å²) in [5, 5.41) is 1.20. The predicted octanol–water partition coefficient (Wildman–Crippen LogP) is 13.5. The lowest BCUT2D eigenvalue weighted by atomic mass is 9.96. The van der Waals surface area contributed by atoms with E-state index >= 15 is 0 Å². The van der Waals surface area contributed by atoms with E-state index in [1.807, 2.05) is 60.7 Å². The average Bonchev–Trinajstić information content (AvgIpc) is 3.69. The molecule has 268 valence electrons. The van der Waals surface area contributed by atoms with E-state index in [4.69, 9.17) is 15.0 Å². The van der Waals surface area contributed by atoms with E-state index in [2.05, 4.69) is 162 Å². The van der Waals surface area contributed by atoms with Gasteiger partial charge in [-0.25, -0.2) is 15.0 Å². The minimum Gasteiger partial charge on any atom is -0.309 e. The van der Waals surface area contributed by atoms with Crippen molar-refractivity contribution < 1.29 is 0 Å². The maximum Gasteiger partial charge on any atom is 0.164 e. The largest absolute Gasteiger partial charge is 0.309 e. The molecule has 0 saturated carbocycles. The first-order chi connectivity index (χ1) is 28.2. The van der Waals surface area contributed by atoms with Gasteiger partial charge in [-0.2, -0.15) is 0 Å². The zero-order chi connectivity index (χ0) is 38.0. The van der Waals surface area contributed by atoms with E-state index < -0.39 is 0 Å². The van der Waals surface area contributed by atoms with E-state index in [-0.39, 0.29) is 0 Å². The van der Waals surface area contributed by atoms with E-state index in [9.17, 15) is 0 Å². The minimum atomic E-state index is 0.637. The third kappa shape index (κ3) is 6.81. The van der Waals surface area contributed by atoms with Gasteiger partial charge in [-0.1, -0.05) is 170 Å². The fourth-order valence-electron chi connectivity index (χ4n) is 7.61. The quantitative estimate of drug-likeness (QED) is 0.156. The molecule has 0 spiro atoms. The standard InChI is InChI=1S/C53H36N4/c1-5-16-37(17-6-1)44-30-31-49-47(35-44)36-50(57(49)48-28-11-4-12-29-48)45-26-14-24-42(33-45)40-22-13-23-41(32-40)43-25-15-27-46(34-43)53-55-51(38-18-7-2-8-19-38)54-52(56-53)39-20-9-3-10-21-39/h1-36H. The van der Waals surface area contributed by atoms with Crippen LogP contribution >= 0.6 is 0 Å². The Morgan fingerprint density at radius 2 is 0.649 bits per heavy atom. The Kier molecular flexibility index (Phi) is 8.82. The molecule has 0 saturated heterocycles. The molecule has 0 N–H and O–H groups in total. The van der Waals surface area contributed by atoms with Crippen LogP contribution < -0.4 is 0 Å². The highest BCUT2D eigenvalue weighted by Crippen LogP contribution is 2.37. The monoisotopic (exact) mass is 728 g/mol. The van der Waals surface area contributed by atoms with Gasteiger partial charge >= 0.3 is 0 Å². The van der Waals surface area contributed by atoms with Gasteiger partial charge in [-0.15, -0.1) is 0 Å². The third-order valence-electron chi connectivity index (χ3n) is 10.4. The number of rotatable bonds is 8. The van der Waals surface area contributed by atoms with Crippen LogP contribution in [0.15, 0.2) is 218 Å². The molecule has 0 bridgehead atoms. The molecule has 0 fully saturated rings. The smallest absolute Gasteiger partial charge is 0.164 e. The average molecular weight is 729 g/mol. The fraction of sp³-hybridized carbons (Fsp3) is 0. The van der Waals surface area contributed by atoms with Crippen molar-refractivity contribution in [2.45, 2.75) is 0 Å². The van der Waals surface area contributed by atoms with Crippen LogP contribution in [0.4, 0.5) is 0 Å². The Balaban J connectivity index is 1.03. The molecule has 4 heteroatoms. The van der Waals surface area contributed by atoms with Crippen LogP contribution in [0.2, 0.25) is 0 Å². The number of fused-ring (bicyclic) bond motifs is 1. The number of aromatic nitrogens is 4. The van der Waals surface area contributed by atoms with Crippen molar-refractivity contribution >= 4 is 10.9 Å². The van der Waals surface area contributed by atoms with Gasteiger partial charge in [-0.3, -0.25) is 0 Å². The molecule has 0 atom stereocenters. The molecule has 0 unspecified atom stereocenters. The Bertz CT molecular complexity index is 2930. The summed E-state index contributed by atoms with van der Waals surface area (Å²) in [4.78, 5) is 14.8. The van der Waals surface area contributed by atoms with E-state index in [1.165, 1.54) is 22.0 Å². The molecule has 0 aliphatic carbocycles. The van der Waals surface area contributed by atoms with E-state index in [0.717, 1.165) is 55.9 Å². The summed E-state index contributed by atoms with van der Waals surface area (Å²) in [5.41, 5.74) is 14.4. The minimum absolute atomic E-state index is 0.637. The Morgan fingerprint density at radius 3 is 1.19 bits per heavy atom. The van der Waals surface area contributed by atoms with E-state index in [0.29, 0.717) is 17.5 Å². The third-order valence-corrected chi connectivity index (χ3v) is 10.4. The van der Waals surface area contributed by atoms with Crippen LogP contribution in [-0.4, -0.2) is 19.5 Å². The van der Waals surface area contributed by atoms with E-state index in [1.54, 1.807) is 0 Å². The van der Waals surface area contributed by atoms with Gasteiger partial charge in [0.05, 0.1) is 11.2 Å². The predicted molar refractivity (Wildman–Crippen MR) is 235 cm³/mol. The molecular weight excluding hydrogens is 693 g/mol. The maximum absolute atomic E-state index is 4.98. The van der Waals surface area contributed by atoms with Gasteiger partial charge in [0, 0.05) is 27.8 Å². The molecule has 8 aromatic carbocycles. The molecule has 0 amide bonds. The number of benzene rings is 8. The van der Waals surface area contributed by atoms with Crippen molar-refractivity contribution in [3.63, 3.8) is 0 Å². The van der Waals surface area contributed by atoms with Crippen molar-refractivity contribution in [3.05, 3.63) is 218 Å². The Morgan fingerprint density at radius 1 is 0.263 bits per heavy atom. The lowest BCUT2D eigenvalue weighted by molar-refractivity contribution is 1.07. The van der Waals surface area contributed by atoms with Gasteiger partial charge in [0.2, 0.25) is 0 Å². The number of hydrogen-bond acceptors (Lipinski definition) is 3. The SMILES string of the molecule is c1ccc(-c2ccc3c(c2)cc(-c2cccc(-c4cccc(-c5cccc(-c6nc(-c7ccccc7)nc(-c7ccccc7)n6)c5)c4)c2)n3-c2ccccc2)cc1. The van der Waals surface area contributed by atoms with Crippen molar-refractivity contribution in [1.29, 1.82) is 0 Å². The summed E-state index contributed by atoms with van der Waals surface area (Å²) in [6, 6.07) is 76.6. The van der Waals surface area contributed by atoms with Crippen molar-refractivity contribution in [2.75, 3.05) is 0 Å². The lowest BCUT2D eigenvalue weighted by Crippen LogP contribution is -2.00. The Hall–Kier alpha value is -7.69. The summed E-state index contributed by atoms with van der Waals surface area (Å²) in [5.74, 6) is 1.93. The van der Waals surface area contributed by atoms with Crippen molar-refractivity contribution in [2.24, 2.45) is 0 Å². The zero-order valence-electron chi connectivity index (χ0n) is 31.1. The molecule has 0 radical (unpaired) electrons. The molecule has 0 aliphatic heterocycles. The second kappa shape index (κ2) is 14.9. The molecule has 2 aromatic heterocycles. The molecule has 10 aromatic rings. The number of hydrogen-bond donors (Lipinski definition) is 0. The highest BCUT2D eigenvalue weighted by Gasteiger charge is 2.16. The van der Waals surface area contributed by atoms with Gasteiger partial charge in [0.1, 0.15) is 0 Å². The maximum atomic E-state index is 4.98. The number of para-hydroxylation sites is 1. The summed E-state index contributed by atoms with van der Waals surface area (Å²) in [6.45, 7) is 0. The lowest BCUT2D eigenvalue weighted by Gasteiger charge is -2.13. The molecule has 2 heterocycles. The normalized spacial score (nSPS) is 11.2. The molecule has 57 heavy (non-hydrogen) atoms. The molecule has 10 rings (SSSR count). The molecule has 0 aliphatic rings. The van der Waals surface area contributed by atoms with Crippen LogP contribution in [0, 0.1) is 0 Å². The van der Waals surface area contributed by atoms with Crippen molar-refractivity contribution in [1.82, 2.24) is 19.5 Å². The first-order valence-corrected chi connectivity index (χ1v) is 19.2. The summed E-state index contributed by atoms with van der Waals surface area (Å²) in [6.07, 6.45) is 0. The van der Waals surface area contributed by atoms with Crippen molar-refractivity contribution in [3.8, 4) is 84.5 Å². The summed E-state index contributed by atoms with van der Waals surface area (Å²) < 4.78 is 2.37. The van der Waals surface area contributed by atoms with Crippen LogP contribution in [-0.2, 0) is 0 Å². The van der Waals surface area contributed by atoms with Gasteiger partial charge in [0.15, 0.2) is 17.5 Å². The fourth-order valence-corrected chi connectivity index (χ4v) is 7.61. The molecule has 4 nitrogen and oxygen atoms in total. The van der Waals surface area contributed by atoms with Crippen LogP contribution in [0.5, 0.6) is 0 Å². The highest BCUT2D eigenvalue weighted by molar-refractivity contribution is 5.93. The van der Waals surface area contributed by atoms with Gasteiger partial charge < -0.3 is 4.57 Å². The topological polar surface area (TPSA) is 43.6 Å². The zero-order valence-corrected chi connectivity index (χ0v) is 31.1.